The lowest BCUT2D eigenvalue weighted by Gasteiger charge is -2.55. The Morgan fingerprint density at radius 3 is 2.00 bits per heavy atom. The normalized spacial score (nSPS) is 31.0. The quantitative estimate of drug-likeness (QED) is 0.551. The molecule has 0 N–H and O–H groups in total. The Labute approximate surface area is 177 Å². The van der Waals surface area contributed by atoms with Gasteiger partial charge in [0.2, 0.25) is 6.33 Å². The summed E-state index contributed by atoms with van der Waals surface area (Å²) in [6, 6.07) is 11.1. The van der Waals surface area contributed by atoms with Crippen molar-refractivity contribution in [3.8, 4) is 0 Å². The molecule has 1 aromatic carbocycles. The van der Waals surface area contributed by atoms with Crippen molar-refractivity contribution in [2.24, 2.45) is 17.8 Å². The second-order valence-electron chi connectivity index (χ2n) is 11.8. The molecule has 0 aliphatic heterocycles. The molecule has 4 aliphatic rings. The third-order valence-electron chi connectivity index (χ3n) is 8.08. The topological polar surface area (TPSA) is 8.81 Å². The Hall–Kier alpha value is -1.57. The molecular weight excluding hydrogens is 352 g/mol. The van der Waals surface area contributed by atoms with E-state index in [4.69, 9.17) is 0 Å². The highest BCUT2D eigenvalue weighted by molar-refractivity contribution is 5.26. The van der Waals surface area contributed by atoms with Crippen LogP contribution in [-0.4, -0.2) is 4.57 Å². The van der Waals surface area contributed by atoms with Crippen molar-refractivity contribution in [3.63, 3.8) is 0 Å². The first kappa shape index (κ1) is 19.4. The summed E-state index contributed by atoms with van der Waals surface area (Å²) >= 11 is 0. The molecular formula is C27H39N2+. The maximum Gasteiger partial charge on any atom is 0.245 e. The second kappa shape index (κ2) is 6.72. The largest absolute Gasteiger partial charge is 0.245 e. The Balaban J connectivity index is 1.68. The minimum Gasteiger partial charge on any atom is -0.229 e. The van der Waals surface area contributed by atoms with Crippen LogP contribution in [0.3, 0.4) is 0 Å². The summed E-state index contributed by atoms with van der Waals surface area (Å²) in [5, 5.41) is 0. The Morgan fingerprint density at radius 1 is 0.966 bits per heavy atom. The van der Waals surface area contributed by atoms with Crippen molar-refractivity contribution in [3.05, 3.63) is 53.6 Å². The van der Waals surface area contributed by atoms with E-state index in [1.165, 1.54) is 44.1 Å². The molecule has 4 fully saturated rings. The summed E-state index contributed by atoms with van der Waals surface area (Å²) < 4.78 is 5.44. The molecule has 4 bridgehead atoms. The molecule has 0 spiro atoms. The average molecular weight is 392 g/mol. The summed E-state index contributed by atoms with van der Waals surface area (Å²) in [5.74, 6) is 3.44. The molecule has 0 saturated heterocycles. The van der Waals surface area contributed by atoms with Gasteiger partial charge in [-0.1, -0.05) is 44.2 Å². The lowest BCUT2D eigenvalue weighted by molar-refractivity contribution is -0.760. The minimum absolute atomic E-state index is 0.110. The summed E-state index contributed by atoms with van der Waals surface area (Å²) in [6.45, 7) is 11.9. The third kappa shape index (κ3) is 3.27. The zero-order chi connectivity index (χ0) is 20.4. The summed E-state index contributed by atoms with van der Waals surface area (Å²) in [6.07, 6.45) is 12.4. The average Bonchev–Trinajstić information content (AvgIpc) is 3.02. The fourth-order valence-corrected chi connectivity index (χ4v) is 7.39. The van der Waals surface area contributed by atoms with Crippen molar-refractivity contribution in [2.45, 2.75) is 96.6 Å². The van der Waals surface area contributed by atoms with E-state index in [1.54, 1.807) is 11.4 Å². The van der Waals surface area contributed by atoms with Crippen LogP contribution >= 0.6 is 0 Å². The minimum atomic E-state index is 0.110. The predicted molar refractivity (Wildman–Crippen MR) is 119 cm³/mol. The third-order valence-corrected chi connectivity index (χ3v) is 8.08. The monoisotopic (exact) mass is 391 g/mol. The van der Waals surface area contributed by atoms with Gasteiger partial charge in [-0.15, -0.1) is 0 Å². The van der Waals surface area contributed by atoms with Crippen LogP contribution in [0.1, 0.15) is 96.0 Å². The van der Waals surface area contributed by atoms with E-state index in [9.17, 15) is 0 Å². The lowest BCUT2D eigenvalue weighted by Crippen LogP contribution is -2.54. The van der Waals surface area contributed by atoms with Gasteiger partial charge in [0.25, 0.3) is 0 Å². The van der Waals surface area contributed by atoms with Gasteiger partial charge in [-0.3, -0.25) is 0 Å². The SMILES string of the molecule is CC(C)c1c(Cc2ccccc2)n(C23CC4CC(CC(C4)C2)C3)c[n+]1C(C)(C)C. The maximum absolute atomic E-state index is 2.82. The van der Waals surface area contributed by atoms with Gasteiger partial charge in [0, 0.05) is 12.3 Å². The summed E-state index contributed by atoms with van der Waals surface area (Å²) in [5.41, 5.74) is 5.07. The first-order valence-electron chi connectivity index (χ1n) is 12.0. The molecule has 29 heavy (non-hydrogen) atoms. The van der Waals surface area contributed by atoms with Crippen LogP contribution in [0.4, 0.5) is 0 Å². The molecule has 0 radical (unpaired) electrons. The van der Waals surface area contributed by atoms with E-state index in [0.29, 0.717) is 11.5 Å². The Bertz CT molecular complexity index is 846. The maximum atomic E-state index is 2.82. The van der Waals surface area contributed by atoms with Crippen molar-refractivity contribution < 1.29 is 4.57 Å². The second-order valence-corrected chi connectivity index (χ2v) is 11.8. The van der Waals surface area contributed by atoms with E-state index >= 15 is 0 Å². The van der Waals surface area contributed by atoms with Crippen molar-refractivity contribution in [1.29, 1.82) is 0 Å². The highest BCUT2D eigenvalue weighted by Gasteiger charge is 2.56. The molecule has 6 rings (SSSR count). The van der Waals surface area contributed by atoms with Crippen LogP contribution in [-0.2, 0) is 17.5 Å². The van der Waals surface area contributed by atoms with Gasteiger partial charge < -0.3 is 0 Å². The van der Waals surface area contributed by atoms with Crippen LogP contribution in [0.25, 0.3) is 0 Å². The van der Waals surface area contributed by atoms with Gasteiger partial charge in [-0.2, -0.15) is 0 Å². The summed E-state index contributed by atoms with van der Waals surface area (Å²) in [7, 11) is 0. The summed E-state index contributed by atoms with van der Waals surface area (Å²) in [4.78, 5) is 0. The molecule has 2 heteroatoms. The Kier molecular flexibility index (Phi) is 4.50. The first-order chi connectivity index (χ1) is 13.7. The fourth-order valence-electron chi connectivity index (χ4n) is 7.39. The zero-order valence-electron chi connectivity index (χ0n) is 19.1. The van der Waals surface area contributed by atoms with Gasteiger partial charge in [-0.25, -0.2) is 9.13 Å². The van der Waals surface area contributed by atoms with E-state index in [1.807, 2.05) is 0 Å². The number of hydrogen-bond donors (Lipinski definition) is 0. The van der Waals surface area contributed by atoms with Gasteiger partial charge in [0.15, 0.2) is 5.69 Å². The molecule has 0 unspecified atom stereocenters. The molecule has 4 aliphatic carbocycles. The predicted octanol–water partition coefficient (Wildman–Crippen LogP) is 6.17. The number of nitrogens with zero attached hydrogens (tertiary/aromatic N) is 2. The van der Waals surface area contributed by atoms with Crippen molar-refractivity contribution in [1.82, 2.24) is 4.57 Å². The number of imidazole rings is 1. The van der Waals surface area contributed by atoms with Crippen molar-refractivity contribution in [2.75, 3.05) is 0 Å². The van der Waals surface area contributed by atoms with Crippen LogP contribution in [0.5, 0.6) is 0 Å². The number of benzene rings is 1. The lowest BCUT2D eigenvalue weighted by atomic mass is 9.53. The van der Waals surface area contributed by atoms with Crippen LogP contribution < -0.4 is 4.57 Å². The fraction of sp³-hybridized carbons (Fsp3) is 0.667. The first-order valence-corrected chi connectivity index (χ1v) is 12.0. The molecule has 1 aromatic heterocycles. The van der Waals surface area contributed by atoms with E-state index in [-0.39, 0.29) is 5.54 Å². The molecule has 2 aromatic rings. The number of aromatic nitrogens is 2. The zero-order valence-corrected chi connectivity index (χ0v) is 19.1. The van der Waals surface area contributed by atoms with Gasteiger partial charge in [0.1, 0.15) is 16.8 Å². The standard InChI is InChI=1S/C27H39N2/c1-19(2)25-24(14-20-9-7-6-8-10-20)28(18-29(25)26(3,4)5)27-15-21-11-22(16-27)13-23(12-21)17-27/h6-10,18-19,21-23H,11-17H2,1-5H3/q+1. The van der Waals surface area contributed by atoms with Crippen LogP contribution in [0, 0.1) is 17.8 Å². The Morgan fingerprint density at radius 2 is 1.52 bits per heavy atom. The van der Waals surface area contributed by atoms with Crippen molar-refractivity contribution >= 4 is 0 Å². The molecule has 0 atom stereocenters. The number of hydrogen-bond acceptors (Lipinski definition) is 0. The number of rotatable bonds is 4. The molecule has 4 saturated carbocycles. The van der Waals surface area contributed by atoms with E-state index in [2.05, 4.69) is 80.4 Å². The van der Waals surface area contributed by atoms with Gasteiger partial charge >= 0.3 is 0 Å². The highest BCUT2D eigenvalue weighted by Crippen LogP contribution is 2.59. The molecule has 0 amide bonds. The molecule has 156 valence electrons. The molecule has 1 heterocycles. The van der Waals surface area contributed by atoms with Gasteiger partial charge in [-0.05, 0) is 82.6 Å². The molecule has 2 nitrogen and oxygen atoms in total. The van der Waals surface area contributed by atoms with Crippen LogP contribution in [0.2, 0.25) is 0 Å². The van der Waals surface area contributed by atoms with Gasteiger partial charge in [0.05, 0.1) is 0 Å². The highest BCUT2D eigenvalue weighted by atomic mass is 15.2. The smallest absolute Gasteiger partial charge is 0.229 e. The van der Waals surface area contributed by atoms with E-state index in [0.717, 1.165) is 24.2 Å². The van der Waals surface area contributed by atoms with Crippen LogP contribution in [0.15, 0.2) is 36.7 Å². The van der Waals surface area contributed by atoms with E-state index < -0.39 is 0 Å².